The van der Waals surface area contributed by atoms with Crippen LogP contribution in [0, 0.1) is 0 Å². The van der Waals surface area contributed by atoms with Crippen molar-refractivity contribution in [3.8, 4) is 5.75 Å². The zero-order chi connectivity index (χ0) is 26.8. The van der Waals surface area contributed by atoms with Gasteiger partial charge in [-0.05, 0) is 73.2 Å². The average Bonchev–Trinajstić information content (AvgIpc) is 2.84. The van der Waals surface area contributed by atoms with Crippen molar-refractivity contribution in [1.82, 2.24) is 5.32 Å². The molecule has 2 aromatic carbocycles. The number of hydrogen-bond acceptors (Lipinski definition) is 3. The van der Waals surface area contributed by atoms with Crippen molar-refractivity contribution < 1.29 is 32.3 Å². The van der Waals surface area contributed by atoms with E-state index >= 15 is 0 Å². The molecule has 0 amide bonds. The summed E-state index contributed by atoms with van der Waals surface area (Å²) in [5.74, 6) is -0.171. The third kappa shape index (κ3) is 10.4. The van der Waals surface area contributed by atoms with Crippen LogP contribution < -0.4 is 10.1 Å². The summed E-state index contributed by atoms with van der Waals surface area (Å²) < 4.78 is 54.4. The summed E-state index contributed by atoms with van der Waals surface area (Å²) in [6.45, 7) is 0.643. The predicted molar refractivity (Wildman–Crippen MR) is 140 cm³/mol. The van der Waals surface area contributed by atoms with E-state index in [1.807, 2.05) is 0 Å². The average molecular weight is 542 g/mol. The van der Waals surface area contributed by atoms with Gasteiger partial charge in [0.25, 0.3) is 0 Å². The Labute approximate surface area is 218 Å². The second kappa shape index (κ2) is 13.8. The second-order valence-corrected chi connectivity index (χ2v) is 12.0. The Morgan fingerprint density at radius 1 is 0.946 bits per heavy atom. The maximum Gasteiger partial charge on any atom is 0.573 e. The molecule has 0 radical (unpaired) electrons. The Bertz CT molecular complexity index is 1000. The third-order valence-corrected chi connectivity index (χ3v) is 8.19. The van der Waals surface area contributed by atoms with Gasteiger partial charge in [-0.25, -0.2) is 0 Å². The van der Waals surface area contributed by atoms with Gasteiger partial charge in [0.05, 0.1) is 6.16 Å². The van der Waals surface area contributed by atoms with Gasteiger partial charge in [-0.3, -0.25) is 4.57 Å². The Morgan fingerprint density at radius 3 is 2.35 bits per heavy atom. The van der Waals surface area contributed by atoms with E-state index in [0.29, 0.717) is 24.1 Å². The van der Waals surface area contributed by atoms with Gasteiger partial charge >= 0.3 is 14.0 Å². The standard InChI is InChI=1S/C28H39F3NO4P/c29-28(30,31)36-26-21-23(22-32-19-10-20-37(33,34)35)14-15-24(26)11-4-2-7-16-27(17-8-3-9-18-27)25-12-5-1-6-13-25/h1,5-6,12-15,21,32H,2-4,7-11,16-20,22H2,(H2,33,34,35). The maximum atomic E-state index is 13.1. The number of benzene rings is 2. The molecule has 0 unspecified atom stereocenters. The molecule has 1 aliphatic rings. The number of unbranched alkanes of at least 4 members (excludes halogenated alkanes) is 2. The minimum absolute atomic E-state index is 0.171. The zero-order valence-electron chi connectivity index (χ0n) is 21.3. The monoisotopic (exact) mass is 541 g/mol. The second-order valence-electron chi connectivity index (χ2n) is 10.2. The fourth-order valence-electron chi connectivity index (χ4n) is 5.44. The van der Waals surface area contributed by atoms with Gasteiger partial charge < -0.3 is 19.8 Å². The third-order valence-electron chi connectivity index (χ3n) is 7.29. The van der Waals surface area contributed by atoms with Crippen LogP contribution in [0.15, 0.2) is 48.5 Å². The summed E-state index contributed by atoms with van der Waals surface area (Å²) in [7, 11) is -4.04. The normalized spacial score (nSPS) is 16.0. The van der Waals surface area contributed by atoms with Crippen molar-refractivity contribution in [1.29, 1.82) is 0 Å². The highest BCUT2D eigenvalue weighted by molar-refractivity contribution is 7.51. The molecule has 0 atom stereocenters. The van der Waals surface area contributed by atoms with Crippen LogP contribution in [0.25, 0.3) is 0 Å². The Kier molecular flexibility index (Phi) is 11.1. The summed E-state index contributed by atoms with van der Waals surface area (Å²) in [5, 5.41) is 3.01. The van der Waals surface area contributed by atoms with Crippen LogP contribution in [-0.2, 0) is 22.9 Å². The highest BCUT2D eigenvalue weighted by atomic mass is 31.2. The molecular formula is C28H39F3NO4P. The lowest BCUT2D eigenvalue weighted by Crippen LogP contribution is -2.29. The SMILES string of the molecule is O=P(O)(O)CCCNCc1ccc(CCCCCC2(c3ccccc3)CCCCC2)c(OC(F)(F)F)c1. The van der Waals surface area contributed by atoms with E-state index in [4.69, 9.17) is 9.79 Å². The van der Waals surface area contributed by atoms with Crippen LogP contribution >= 0.6 is 7.60 Å². The van der Waals surface area contributed by atoms with Crippen LogP contribution in [0.1, 0.15) is 80.9 Å². The van der Waals surface area contributed by atoms with Crippen LogP contribution in [0.3, 0.4) is 0 Å². The number of rotatable bonds is 14. The molecule has 1 fully saturated rings. The van der Waals surface area contributed by atoms with Gasteiger partial charge in [0.2, 0.25) is 0 Å². The summed E-state index contributed by atoms with van der Waals surface area (Å²) in [6.07, 6.45) is 5.87. The van der Waals surface area contributed by atoms with Gasteiger partial charge in [0, 0.05) is 6.54 Å². The highest BCUT2D eigenvalue weighted by Crippen LogP contribution is 2.43. The van der Waals surface area contributed by atoms with Crippen LogP contribution in [-0.4, -0.2) is 28.9 Å². The Morgan fingerprint density at radius 2 is 1.68 bits per heavy atom. The highest BCUT2D eigenvalue weighted by Gasteiger charge is 2.33. The molecule has 0 spiro atoms. The molecule has 0 bridgehead atoms. The summed E-state index contributed by atoms with van der Waals surface area (Å²) in [4.78, 5) is 17.8. The van der Waals surface area contributed by atoms with Gasteiger partial charge in [0.15, 0.2) is 0 Å². The molecule has 3 N–H and O–H groups in total. The lowest BCUT2D eigenvalue weighted by molar-refractivity contribution is -0.274. The summed E-state index contributed by atoms with van der Waals surface area (Å²) in [6, 6.07) is 15.6. The molecule has 3 rings (SSSR count). The maximum absolute atomic E-state index is 13.1. The lowest BCUT2D eigenvalue weighted by Gasteiger charge is -2.38. The van der Waals surface area contributed by atoms with Gasteiger partial charge in [-0.2, -0.15) is 0 Å². The molecule has 37 heavy (non-hydrogen) atoms. The topological polar surface area (TPSA) is 78.8 Å². The molecule has 1 saturated carbocycles. The van der Waals surface area contributed by atoms with Crippen molar-refractivity contribution in [3.63, 3.8) is 0 Å². The van der Waals surface area contributed by atoms with Gasteiger partial charge in [0.1, 0.15) is 5.75 Å². The Hall–Kier alpha value is -1.86. The van der Waals surface area contributed by atoms with Crippen LogP contribution in [0.2, 0.25) is 0 Å². The first-order chi connectivity index (χ1) is 17.6. The predicted octanol–water partition coefficient (Wildman–Crippen LogP) is 7.25. The van der Waals surface area contributed by atoms with E-state index in [1.54, 1.807) is 12.1 Å². The first kappa shape index (κ1) is 29.7. The number of halogens is 3. The largest absolute Gasteiger partial charge is 0.573 e. The van der Waals surface area contributed by atoms with E-state index in [9.17, 15) is 17.7 Å². The molecule has 0 aromatic heterocycles. The van der Waals surface area contributed by atoms with Crippen molar-refractivity contribution in [2.45, 2.75) is 89.0 Å². The molecule has 2 aromatic rings. The molecule has 0 aliphatic heterocycles. The molecule has 1 aliphatic carbocycles. The minimum atomic E-state index is -4.77. The molecule has 0 saturated heterocycles. The first-order valence-electron chi connectivity index (χ1n) is 13.2. The number of nitrogens with one attached hydrogen (secondary N) is 1. The van der Waals surface area contributed by atoms with E-state index in [0.717, 1.165) is 25.7 Å². The number of hydrogen-bond donors (Lipinski definition) is 3. The van der Waals surface area contributed by atoms with Crippen molar-refractivity contribution in [3.05, 3.63) is 65.2 Å². The molecule has 0 heterocycles. The van der Waals surface area contributed by atoms with Crippen LogP contribution in [0.5, 0.6) is 5.75 Å². The van der Waals surface area contributed by atoms with Crippen molar-refractivity contribution in [2.75, 3.05) is 12.7 Å². The lowest BCUT2D eigenvalue weighted by atomic mass is 9.66. The number of ether oxygens (including phenoxy) is 1. The van der Waals surface area contributed by atoms with Gasteiger partial charge in [-0.1, -0.05) is 74.6 Å². The zero-order valence-corrected chi connectivity index (χ0v) is 22.2. The molecular weight excluding hydrogens is 502 g/mol. The quantitative estimate of drug-likeness (QED) is 0.173. The fourth-order valence-corrected chi connectivity index (χ4v) is 6.01. The molecule has 206 valence electrons. The summed E-state index contributed by atoms with van der Waals surface area (Å²) >= 11 is 0. The van der Waals surface area contributed by atoms with E-state index in [-0.39, 0.29) is 30.3 Å². The van der Waals surface area contributed by atoms with Crippen LogP contribution in [0.4, 0.5) is 13.2 Å². The van der Waals surface area contributed by atoms with E-state index in [1.165, 1.54) is 43.7 Å². The van der Waals surface area contributed by atoms with Crippen molar-refractivity contribution >= 4 is 7.60 Å². The van der Waals surface area contributed by atoms with Gasteiger partial charge in [-0.15, -0.1) is 13.2 Å². The number of aryl methyl sites for hydroxylation is 1. The first-order valence-corrected chi connectivity index (χ1v) is 15.0. The van der Waals surface area contributed by atoms with Crippen molar-refractivity contribution in [2.24, 2.45) is 0 Å². The smallest absolute Gasteiger partial charge is 0.405 e. The van der Waals surface area contributed by atoms with E-state index < -0.39 is 14.0 Å². The van der Waals surface area contributed by atoms with E-state index in [2.05, 4.69) is 40.4 Å². The number of alkyl halides is 3. The minimum Gasteiger partial charge on any atom is -0.405 e. The molecule has 5 nitrogen and oxygen atoms in total. The Balaban J connectivity index is 1.53. The summed E-state index contributed by atoms with van der Waals surface area (Å²) in [5.41, 5.74) is 2.81. The molecule has 9 heteroatoms. The fraction of sp³-hybridized carbons (Fsp3) is 0.571.